The predicted octanol–water partition coefficient (Wildman–Crippen LogP) is 1.72. The molecule has 0 atom stereocenters. The van der Waals surface area contributed by atoms with Crippen LogP contribution < -0.4 is 9.64 Å². The zero-order valence-corrected chi connectivity index (χ0v) is 8.56. The van der Waals surface area contributed by atoms with Gasteiger partial charge in [0.1, 0.15) is 12.0 Å². The molecule has 0 unspecified atom stereocenters. The maximum atomic E-state index is 10.2. The van der Waals surface area contributed by atoms with Crippen LogP contribution in [0.5, 0.6) is 5.75 Å². The summed E-state index contributed by atoms with van der Waals surface area (Å²) in [6.45, 7) is 0.746. The third-order valence-corrected chi connectivity index (χ3v) is 2.10. The minimum absolute atomic E-state index is 0.558. The Hall–Kier alpha value is -1.51. The number of ether oxygens (including phenoxy) is 1. The molecule has 3 nitrogen and oxygen atoms in total. The highest BCUT2D eigenvalue weighted by atomic mass is 16.5. The SMILES string of the molecule is COc1ccc(N(C)CCC=O)cc1. The Morgan fingerprint density at radius 3 is 2.50 bits per heavy atom. The highest BCUT2D eigenvalue weighted by Crippen LogP contribution is 2.17. The molecule has 0 aliphatic carbocycles. The van der Waals surface area contributed by atoms with Crippen molar-refractivity contribution in [2.75, 3.05) is 25.6 Å². The molecule has 14 heavy (non-hydrogen) atoms. The molecule has 0 spiro atoms. The van der Waals surface area contributed by atoms with Crippen LogP contribution in [0, 0.1) is 0 Å². The van der Waals surface area contributed by atoms with Crippen molar-refractivity contribution in [3.63, 3.8) is 0 Å². The van der Waals surface area contributed by atoms with Gasteiger partial charge in [-0.3, -0.25) is 0 Å². The number of anilines is 1. The molecule has 1 aromatic carbocycles. The van der Waals surface area contributed by atoms with Crippen molar-refractivity contribution in [2.24, 2.45) is 0 Å². The zero-order valence-electron chi connectivity index (χ0n) is 8.56. The van der Waals surface area contributed by atoms with E-state index in [1.807, 2.05) is 36.2 Å². The van der Waals surface area contributed by atoms with Gasteiger partial charge in [-0.2, -0.15) is 0 Å². The molecule has 0 fully saturated rings. The zero-order chi connectivity index (χ0) is 10.4. The van der Waals surface area contributed by atoms with Crippen LogP contribution in [0.2, 0.25) is 0 Å². The number of nitrogens with zero attached hydrogens (tertiary/aromatic N) is 1. The summed E-state index contributed by atoms with van der Waals surface area (Å²) in [7, 11) is 3.61. The molecule has 0 aliphatic rings. The first-order valence-corrected chi connectivity index (χ1v) is 4.56. The first-order chi connectivity index (χ1) is 6.77. The lowest BCUT2D eigenvalue weighted by Crippen LogP contribution is -2.18. The van der Waals surface area contributed by atoms with E-state index in [9.17, 15) is 4.79 Å². The maximum Gasteiger partial charge on any atom is 0.121 e. The van der Waals surface area contributed by atoms with E-state index in [1.54, 1.807) is 7.11 Å². The third-order valence-electron chi connectivity index (χ3n) is 2.10. The molecule has 0 bridgehead atoms. The number of carbonyl (C=O) groups is 1. The van der Waals surface area contributed by atoms with E-state index in [0.29, 0.717) is 6.42 Å². The fourth-order valence-electron chi connectivity index (χ4n) is 1.21. The fourth-order valence-corrected chi connectivity index (χ4v) is 1.21. The minimum Gasteiger partial charge on any atom is -0.497 e. The molecule has 0 N–H and O–H groups in total. The number of rotatable bonds is 5. The number of benzene rings is 1. The quantitative estimate of drug-likeness (QED) is 0.667. The van der Waals surface area contributed by atoms with Crippen molar-refractivity contribution in [3.05, 3.63) is 24.3 Å². The van der Waals surface area contributed by atoms with E-state index in [0.717, 1.165) is 24.3 Å². The number of carbonyl (C=O) groups excluding carboxylic acids is 1. The van der Waals surface area contributed by atoms with Gasteiger partial charge in [-0.1, -0.05) is 0 Å². The van der Waals surface area contributed by atoms with Crippen molar-refractivity contribution in [1.82, 2.24) is 0 Å². The Bertz CT molecular complexity index is 282. The normalized spacial score (nSPS) is 9.57. The fraction of sp³-hybridized carbons (Fsp3) is 0.364. The first kappa shape index (κ1) is 10.6. The lowest BCUT2D eigenvalue weighted by atomic mass is 10.2. The molecule has 0 radical (unpaired) electrons. The second-order valence-electron chi connectivity index (χ2n) is 3.07. The van der Waals surface area contributed by atoms with Gasteiger partial charge in [0, 0.05) is 25.7 Å². The van der Waals surface area contributed by atoms with Gasteiger partial charge in [0.25, 0.3) is 0 Å². The highest BCUT2D eigenvalue weighted by molar-refractivity contribution is 5.53. The van der Waals surface area contributed by atoms with Gasteiger partial charge in [-0.25, -0.2) is 0 Å². The molecule has 1 rings (SSSR count). The van der Waals surface area contributed by atoms with E-state index < -0.39 is 0 Å². The summed E-state index contributed by atoms with van der Waals surface area (Å²) >= 11 is 0. The largest absolute Gasteiger partial charge is 0.497 e. The Labute approximate surface area is 84.3 Å². The summed E-state index contributed by atoms with van der Waals surface area (Å²) in [5, 5.41) is 0. The van der Waals surface area contributed by atoms with E-state index in [2.05, 4.69) is 0 Å². The Morgan fingerprint density at radius 2 is 2.00 bits per heavy atom. The summed E-state index contributed by atoms with van der Waals surface area (Å²) in [5.41, 5.74) is 1.09. The van der Waals surface area contributed by atoms with E-state index >= 15 is 0 Å². The summed E-state index contributed by atoms with van der Waals surface area (Å²) in [5.74, 6) is 0.845. The second kappa shape index (κ2) is 5.27. The molecular formula is C11H15NO2. The van der Waals surface area contributed by atoms with Gasteiger partial charge >= 0.3 is 0 Å². The Balaban J connectivity index is 2.61. The van der Waals surface area contributed by atoms with Crippen LogP contribution in [-0.2, 0) is 4.79 Å². The molecule has 1 aromatic rings. The molecule has 0 aromatic heterocycles. The monoisotopic (exact) mass is 193 g/mol. The smallest absolute Gasteiger partial charge is 0.121 e. The predicted molar refractivity (Wildman–Crippen MR) is 56.9 cm³/mol. The van der Waals surface area contributed by atoms with Gasteiger partial charge in [-0.05, 0) is 24.3 Å². The summed E-state index contributed by atoms with van der Waals surface area (Å²) in [4.78, 5) is 12.2. The van der Waals surface area contributed by atoms with Crippen LogP contribution in [-0.4, -0.2) is 27.0 Å². The van der Waals surface area contributed by atoms with Crippen LogP contribution >= 0.6 is 0 Å². The standard InChI is InChI=1S/C11H15NO2/c1-12(8-3-9-13)10-4-6-11(14-2)7-5-10/h4-7,9H,3,8H2,1-2H3. The topological polar surface area (TPSA) is 29.5 Å². The molecule has 0 saturated heterocycles. The van der Waals surface area contributed by atoms with Crippen molar-refractivity contribution in [3.8, 4) is 5.75 Å². The molecule has 76 valence electrons. The number of aldehydes is 1. The Kier molecular flexibility index (Phi) is 3.98. The number of methoxy groups -OCH3 is 1. The van der Waals surface area contributed by atoms with Gasteiger partial charge in [-0.15, -0.1) is 0 Å². The Morgan fingerprint density at radius 1 is 1.36 bits per heavy atom. The lowest BCUT2D eigenvalue weighted by molar-refractivity contribution is -0.107. The van der Waals surface area contributed by atoms with Gasteiger partial charge in [0.05, 0.1) is 7.11 Å². The molecule has 0 heterocycles. The lowest BCUT2D eigenvalue weighted by Gasteiger charge is -2.17. The molecule has 0 saturated carbocycles. The van der Waals surface area contributed by atoms with E-state index in [4.69, 9.17) is 4.74 Å². The van der Waals surface area contributed by atoms with Crippen molar-refractivity contribution in [2.45, 2.75) is 6.42 Å². The number of hydrogen-bond donors (Lipinski definition) is 0. The average molecular weight is 193 g/mol. The van der Waals surface area contributed by atoms with Crippen LogP contribution in [0.15, 0.2) is 24.3 Å². The molecule has 3 heteroatoms. The van der Waals surface area contributed by atoms with E-state index in [1.165, 1.54) is 0 Å². The van der Waals surface area contributed by atoms with Crippen LogP contribution in [0.3, 0.4) is 0 Å². The average Bonchev–Trinajstić information content (AvgIpc) is 2.26. The molecule has 0 aliphatic heterocycles. The van der Waals surface area contributed by atoms with Gasteiger partial charge in [0.2, 0.25) is 0 Å². The summed E-state index contributed by atoms with van der Waals surface area (Å²) in [6, 6.07) is 7.77. The van der Waals surface area contributed by atoms with Gasteiger partial charge in [0.15, 0.2) is 0 Å². The second-order valence-corrected chi connectivity index (χ2v) is 3.07. The highest BCUT2D eigenvalue weighted by Gasteiger charge is 1.99. The maximum absolute atomic E-state index is 10.2. The molecular weight excluding hydrogens is 178 g/mol. The van der Waals surface area contributed by atoms with Crippen LogP contribution in [0.1, 0.15) is 6.42 Å². The van der Waals surface area contributed by atoms with Crippen LogP contribution in [0.25, 0.3) is 0 Å². The van der Waals surface area contributed by atoms with Crippen LogP contribution in [0.4, 0.5) is 5.69 Å². The number of hydrogen-bond acceptors (Lipinski definition) is 3. The van der Waals surface area contributed by atoms with E-state index in [-0.39, 0.29) is 0 Å². The van der Waals surface area contributed by atoms with Crippen molar-refractivity contribution in [1.29, 1.82) is 0 Å². The van der Waals surface area contributed by atoms with Crippen molar-refractivity contribution < 1.29 is 9.53 Å². The molecule has 0 amide bonds. The third kappa shape index (κ3) is 2.76. The summed E-state index contributed by atoms with van der Waals surface area (Å²) in [6.07, 6.45) is 1.49. The minimum atomic E-state index is 0.558. The summed E-state index contributed by atoms with van der Waals surface area (Å²) < 4.78 is 5.06. The first-order valence-electron chi connectivity index (χ1n) is 4.56. The van der Waals surface area contributed by atoms with Crippen molar-refractivity contribution >= 4 is 12.0 Å². The van der Waals surface area contributed by atoms with Gasteiger partial charge < -0.3 is 14.4 Å².